The monoisotopic (exact) mass is 396 g/mol. The lowest BCUT2D eigenvalue weighted by Gasteiger charge is -2.18. The molecule has 1 atom stereocenters. The molecule has 0 fully saturated rings. The van der Waals surface area contributed by atoms with Gasteiger partial charge < -0.3 is 22.0 Å². The lowest BCUT2D eigenvalue weighted by molar-refractivity contribution is -0.692. The molecule has 144 valence electrons. The molecule has 0 radical (unpaired) electrons. The molecule has 4 nitrogen and oxygen atoms in total. The van der Waals surface area contributed by atoms with Gasteiger partial charge in [0.15, 0.2) is 12.4 Å². The Balaban J connectivity index is 1.93. The standard InChI is InChI=1S/C22H21FN2O2S/c1-2-4-16-10-12-25(13-11-16)20(21(26)17-6-8-18(23)9-7-17)22(28)24-15-19-5-3-14-27-19/h3,5-14,20H,2,4,15H2,1H3/t20-/m0/s1. The predicted octanol–water partition coefficient (Wildman–Crippen LogP) is 4.23. The number of hydrogen-bond donors (Lipinski definition) is 0. The van der Waals surface area contributed by atoms with E-state index in [1.165, 1.54) is 29.8 Å². The summed E-state index contributed by atoms with van der Waals surface area (Å²) in [5.74, 6) is 0.0369. The first-order valence-electron chi connectivity index (χ1n) is 9.11. The number of aromatic nitrogens is 1. The maximum atomic E-state index is 13.3. The third-order valence-corrected chi connectivity index (χ3v) is 4.69. The molecule has 0 aliphatic carbocycles. The average Bonchev–Trinajstić information content (AvgIpc) is 3.22. The molecule has 0 amide bonds. The molecule has 0 unspecified atom stereocenters. The van der Waals surface area contributed by atoms with Gasteiger partial charge in [-0.15, -0.1) is 0 Å². The van der Waals surface area contributed by atoms with Gasteiger partial charge in [0.25, 0.3) is 0 Å². The first kappa shape index (κ1) is 19.9. The molecule has 2 aromatic heterocycles. The Hall–Kier alpha value is -2.86. The number of rotatable bonds is 8. The third-order valence-electron chi connectivity index (χ3n) is 4.34. The molecule has 0 saturated heterocycles. The van der Waals surface area contributed by atoms with Crippen LogP contribution in [0, 0.1) is 5.82 Å². The second kappa shape index (κ2) is 9.37. The fourth-order valence-corrected chi connectivity index (χ4v) is 3.18. The van der Waals surface area contributed by atoms with Crippen molar-refractivity contribution in [2.75, 3.05) is 0 Å². The molecule has 3 aromatic rings. The molecule has 0 saturated carbocycles. The zero-order valence-electron chi connectivity index (χ0n) is 15.5. The molecule has 0 bridgehead atoms. The van der Waals surface area contributed by atoms with Crippen LogP contribution in [0.25, 0.3) is 0 Å². The second-order valence-corrected chi connectivity index (χ2v) is 6.83. The van der Waals surface area contributed by atoms with E-state index < -0.39 is 11.9 Å². The van der Waals surface area contributed by atoms with Crippen LogP contribution in [0.3, 0.4) is 0 Å². The SMILES string of the molecule is CCCc1cc[n+]([C@@H](C(=O)c2ccc(F)cc2)C([S-])=NCc2ccco2)cc1. The second-order valence-electron chi connectivity index (χ2n) is 6.41. The van der Waals surface area contributed by atoms with E-state index in [0.717, 1.165) is 12.8 Å². The summed E-state index contributed by atoms with van der Waals surface area (Å²) in [7, 11) is 0. The summed E-state index contributed by atoms with van der Waals surface area (Å²) in [5, 5.41) is 0.249. The van der Waals surface area contributed by atoms with Crippen LogP contribution in [0.5, 0.6) is 0 Å². The van der Waals surface area contributed by atoms with Crippen molar-refractivity contribution in [2.45, 2.75) is 32.4 Å². The number of carbonyl (C=O) groups excluding carboxylic acids is 1. The van der Waals surface area contributed by atoms with Gasteiger partial charge in [-0.25, -0.2) is 4.39 Å². The summed E-state index contributed by atoms with van der Waals surface area (Å²) in [6, 6.07) is 12.2. The van der Waals surface area contributed by atoms with E-state index in [1.807, 2.05) is 24.5 Å². The number of nitrogens with zero attached hydrogens (tertiary/aromatic N) is 2. The van der Waals surface area contributed by atoms with Crippen LogP contribution in [0.2, 0.25) is 0 Å². The Bertz CT molecular complexity index is 936. The van der Waals surface area contributed by atoms with Crippen LogP contribution in [0.15, 0.2) is 76.6 Å². The number of benzene rings is 1. The first-order valence-corrected chi connectivity index (χ1v) is 9.52. The van der Waals surface area contributed by atoms with Crippen molar-refractivity contribution in [3.05, 3.63) is 89.9 Å². The summed E-state index contributed by atoms with van der Waals surface area (Å²) in [4.78, 5) is 17.5. The Morgan fingerprint density at radius 2 is 1.89 bits per heavy atom. The summed E-state index contributed by atoms with van der Waals surface area (Å²) in [6.45, 7) is 2.37. The van der Waals surface area contributed by atoms with Crippen LogP contribution in [-0.4, -0.2) is 10.8 Å². The van der Waals surface area contributed by atoms with Gasteiger partial charge >= 0.3 is 0 Å². The Labute approximate surface area is 169 Å². The zero-order chi connectivity index (χ0) is 19.9. The third kappa shape index (κ3) is 4.89. The van der Waals surface area contributed by atoms with E-state index in [9.17, 15) is 9.18 Å². The molecule has 0 spiro atoms. The molecule has 3 rings (SSSR count). The van der Waals surface area contributed by atoms with E-state index in [2.05, 4.69) is 11.9 Å². The van der Waals surface area contributed by atoms with Gasteiger partial charge in [-0.3, -0.25) is 4.79 Å². The number of pyridine rings is 1. The van der Waals surface area contributed by atoms with E-state index in [4.69, 9.17) is 17.0 Å². The van der Waals surface area contributed by atoms with Crippen LogP contribution < -0.4 is 4.57 Å². The first-order chi connectivity index (χ1) is 13.6. The molecule has 1 aromatic carbocycles. The van der Waals surface area contributed by atoms with Crippen molar-refractivity contribution in [1.29, 1.82) is 0 Å². The number of aryl methyl sites for hydroxylation is 1. The minimum atomic E-state index is -0.786. The smallest absolute Gasteiger partial charge is 0.237 e. The van der Waals surface area contributed by atoms with Gasteiger partial charge in [0.1, 0.15) is 11.6 Å². The van der Waals surface area contributed by atoms with Crippen LogP contribution >= 0.6 is 0 Å². The lowest BCUT2D eigenvalue weighted by atomic mass is 10.0. The molecule has 0 aliphatic rings. The largest absolute Gasteiger partial charge is 0.758 e. The van der Waals surface area contributed by atoms with E-state index in [1.54, 1.807) is 23.0 Å². The number of aliphatic imine (C=N–C) groups is 1. The predicted molar refractivity (Wildman–Crippen MR) is 108 cm³/mol. The van der Waals surface area contributed by atoms with Crippen molar-refractivity contribution in [2.24, 2.45) is 4.99 Å². The minimum absolute atomic E-state index is 0.235. The number of ketones is 1. The number of Topliss-reactive ketones (excluding diaryl/α,β-unsaturated/α-hetero) is 1. The lowest BCUT2D eigenvalue weighted by Crippen LogP contribution is -2.47. The molecular formula is C22H21FN2O2S. The summed E-state index contributed by atoms with van der Waals surface area (Å²) in [5.41, 5.74) is 1.57. The van der Waals surface area contributed by atoms with Crippen molar-refractivity contribution >= 4 is 23.5 Å². The quantitative estimate of drug-likeness (QED) is 0.188. The highest BCUT2D eigenvalue weighted by atomic mass is 32.1. The average molecular weight is 396 g/mol. The zero-order valence-corrected chi connectivity index (χ0v) is 16.4. The fourth-order valence-electron chi connectivity index (χ4n) is 2.89. The van der Waals surface area contributed by atoms with Gasteiger partial charge in [-0.2, -0.15) is 4.57 Å². The number of hydrogen-bond acceptors (Lipinski definition) is 4. The van der Waals surface area contributed by atoms with E-state index in [-0.39, 0.29) is 17.4 Å². The van der Waals surface area contributed by atoms with E-state index in [0.29, 0.717) is 11.3 Å². The van der Waals surface area contributed by atoms with Gasteiger partial charge in [0, 0.05) is 17.7 Å². The fraction of sp³-hybridized carbons (Fsp3) is 0.227. The minimum Gasteiger partial charge on any atom is -0.758 e. The summed E-state index contributed by atoms with van der Waals surface area (Å²) < 4.78 is 20.3. The van der Waals surface area contributed by atoms with Gasteiger partial charge in [-0.05, 0) is 53.4 Å². The number of halogens is 1. The van der Waals surface area contributed by atoms with Crippen molar-refractivity contribution < 1.29 is 18.2 Å². The van der Waals surface area contributed by atoms with Crippen LogP contribution in [0.1, 0.15) is 41.1 Å². The highest BCUT2D eigenvalue weighted by molar-refractivity contribution is 7.77. The highest BCUT2D eigenvalue weighted by Gasteiger charge is 2.28. The topological polar surface area (TPSA) is 46.5 Å². The normalized spacial score (nSPS) is 12.7. The van der Waals surface area contributed by atoms with Gasteiger partial charge in [0.05, 0.1) is 12.8 Å². The van der Waals surface area contributed by atoms with Gasteiger partial charge in [0.2, 0.25) is 11.8 Å². The summed E-state index contributed by atoms with van der Waals surface area (Å²) in [6.07, 6.45) is 7.25. The van der Waals surface area contributed by atoms with Crippen LogP contribution in [0.4, 0.5) is 4.39 Å². The Morgan fingerprint density at radius 1 is 1.18 bits per heavy atom. The van der Waals surface area contributed by atoms with E-state index >= 15 is 0 Å². The Kier molecular flexibility index (Phi) is 6.66. The van der Waals surface area contributed by atoms with Crippen LogP contribution in [-0.2, 0) is 25.6 Å². The maximum absolute atomic E-state index is 13.3. The Morgan fingerprint density at radius 3 is 2.50 bits per heavy atom. The van der Waals surface area contributed by atoms with Gasteiger partial charge in [-0.1, -0.05) is 13.3 Å². The molecule has 6 heteroatoms. The molecule has 2 heterocycles. The maximum Gasteiger partial charge on any atom is 0.237 e. The number of carbonyl (C=O) groups is 1. The van der Waals surface area contributed by atoms with Crippen molar-refractivity contribution in [3.63, 3.8) is 0 Å². The molecular weight excluding hydrogens is 375 g/mol. The molecule has 0 N–H and O–H groups in total. The summed E-state index contributed by atoms with van der Waals surface area (Å²) >= 11 is 5.49. The van der Waals surface area contributed by atoms with Crippen molar-refractivity contribution in [3.8, 4) is 0 Å². The highest BCUT2D eigenvalue weighted by Crippen LogP contribution is 2.14. The number of furan rings is 1. The molecule has 0 aliphatic heterocycles. The van der Waals surface area contributed by atoms with Crippen molar-refractivity contribution in [1.82, 2.24) is 0 Å². The molecule has 28 heavy (non-hydrogen) atoms.